The minimum Gasteiger partial charge on any atom is -0.388 e. The van der Waals surface area contributed by atoms with Gasteiger partial charge < -0.3 is 10.8 Å². The van der Waals surface area contributed by atoms with Crippen molar-refractivity contribution in [3.05, 3.63) is 35.4 Å². The summed E-state index contributed by atoms with van der Waals surface area (Å²) in [5, 5.41) is 9.94. The van der Waals surface area contributed by atoms with Gasteiger partial charge in [0, 0.05) is 5.92 Å². The summed E-state index contributed by atoms with van der Waals surface area (Å²) in [5.41, 5.74) is 4.55. The lowest BCUT2D eigenvalue weighted by Gasteiger charge is -2.23. The van der Waals surface area contributed by atoms with E-state index < -0.39 is 17.8 Å². The van der Waals surface area contributed by atoms with Gasteiger partial charge in [0.15, 0.2) is 0 Å². The smallest absolute Gasteiger partial charge is 0.388 e. The molecule has 0 aliphatic heterocycles. The number of aliphatic hydroxyl groups is 1. The lowest BCUT2D eigenvalue weighted by atomic mass is 9.90. The molecule has 0 spiro atoms. The largest absolute Gasteiger partial charge is 0.416 e. The summed E-state index contributed by atoms with van der Waals surface area (Å²) < 4.78 is 38.2. The topological polar surface area (TPSA) is 46.2 Å². The molecule has 0 saturated heterocycles. The van der Waals surface area contributed by atoms with Crippen LogP contribution in [0.15, 0.2) is 24.3 Å². The lowest BCUT2D eigenvalue weighted by Crippen LogP contribution is -2.23. The molecule has 3 N–H and O–H groups in total. The first-order valence-corrected chi connectivity index (χ1v) is 5.46. The summed E-state index contributed by atoms with van der Waals surface area (Å²) in [5.74, 6) is -0.362. The zero-order chi connectivity index (χ0) is 13.1. The van der Waals surface area contributed by atoms with Crippen LogP contribution in [0, 0.1) is 5.92 Å². The van der Waals surface area contributed by atoms with Gasteiger partial charge in [-0.1, -0.05) is 25.1 Å². The summed E-state index contributed by atoms with van der Waals surface area (Å²) in [7, 11) is 0. The van der Waals surface area contributed by atoms with Crippen LogP contribution in [-0.2, 0) is 6.18 Å². The van der Waals surface area contributed by atoms with E-state index in [-0.39, 0.29) is 18.0 Å². The molecular formula is C12H16F3NO. The molecule has 0 heterocycles. The van der Waals surface area contributed by atoms with E-state index in [0.717, 1.165) is 6.07 Å². The van der Waals surface area contributed by atoms with Gasteiger partial charge in [-0.25, -0.2) is 0 Å². The Hall–Kier alpha value is -1.07. The minimum atomic E-state index is -4.45. The monoisotopic (exact) mass is 247 g/mol. The molecule has 0 amide bonds. The Balaban J connectivity index is 3.13. The Morgan fingerprint density at radius 1 is 1.29 bits per heavy atom. The third kappa shape index (κ3) is 3.20. The lowest BCUT2D eigenvalue weighted by molar-refractivity contribution is -0.139. The van der Waals surface area contributed by atoms with Crippen molar-refractivity contribution >= 4 is 0 Å². The van der Waals surface area contributed by atoms with Crippen molar-refractivity contribution in [3.8, 4) is 0 Å². The Morgan fingerprint density at radius 2 is 1.88 bits per heavy atom. The van der Waals surface area contributed by atoms with Crippen molar-refractivity contribution in [1.82, 2.24) is 0 Å². The second-order valence-electron chi connectivity index (χ2n) is 3.93. The van der Waals surface area contributed by atoms with E-state index in [1.165, 1.54) is 18.2 Å². The molecule has 17 heavy (non-hydrogen) atoms. The molecular weight excluding hydrogens is 231 g/mol. The first-order chi connectivity index (χ1) is 7.91. The van der Waals surface area contributed by atoms with Crippen LogP contribution in [0.2, 0.25) is 0 Å². The first-order valence-electron chi connectivity index (χ1n) is 5.46. The predicted octanol–water partition coefficient (Wildman–Crippen LogP) is 2.72. The quantitative estimate of drug-likeness (QED) is 0.859. The minimum absolute atomic E-state index is 0.0997. The van der Waals surface area contributed by atoms with Crippen LogP contribution in [-0.4, -0.2) is 11.7 Å². The zero-order valence-electron chi connectivity index (χ0n) is 9.54. The van der Waals surface area contributed by atoms with Gasteiger partial charge >= 0.3 is 6.18 Å². The highest BCUT2D eigenvalue weighted by Gasteiger charge is 2.35. The first kappa shape index (κ1) is 14.0. The summed E-state index contributed by atoms with van der Waals surface area (Å²) in [6.07, 6.45) is -5.10. The van der Waals surface area contributed by atoms with Crippen LogP contribution in [0.5, 0.6) is 0 Å². The third-order valence-electron chi connectivity index (χ3n) is 2.86. The summed E-state index contributed by atoms with van der Waals surface area (Å²) >= 11 is 0. The number of nitrogens with two attached hydrogens (primary N) is 1. The van der Waals surface area contributed by atoms with E-state index in [9.17, 15) is 18.3 Å². The van der Waals surface area contributed by atoms with Gasteiger partial charge in [0.2, 0.25) is 0 Å². The van der Waals surface area contributed by atoms with Crippen LogP contribution >= 0.6 is 0 Å². The van der Waals surface area contributed by atoms with Crippen LogP contribution in [0.3, 0.4) is 0 Å². The number of aliphatic hydroxyl groups excluding tert-OH is 1. The molecule has 0 aromatic heterocycles. The Morgan fingerprint density at radius 3 is 2.35 bits per heavy atom. The number of hydrogen-bond donors (Lipinski definition) is 2. The van der Waals surface area contributed by atoms with E-state index in [2.05, 4.69) is 0 Å². The Labute approximate surface area is 98.3 Å². The van der Waals surface area contributed by atoms with Gasteiger partial charge in [0.05, 0.1) is 11.7 Å². The molecule has 5 heteroatoms. The average molecular weight is 247 g/mol. The van der Waals surface area contributed by atoms with E-state index in [0.29, 0.717) is 6.42 Å². The fourth-order valence-electron chi connectivity index (χ4n) is 1.79. The summed E-state index contributed by atoms with van der Waals surface area (Å²) in [4.78, 5) is 0. The molecule has 0 saturated carbocycles. The maximum atomic E-state index is 12.7. The molecule has 0 radical (unpaired) electrons. The number of alkyl halides is 3. The molecule has 0 fully saturated rings. The fraction of sp³-hybridized carbons (Fsp3) is 0.500. The number of halogens is 3. The normalized spacial score (nSPS) is 15.6. The van der Waals surface area contributed by atoms with Crippen molar-refractivity contribution < 1.29 is 18.3 Å². The Kier molecular flexibility index (Phi) is 4.54. The van der Waals surface area contributed by atoms with Crippen molar-refractivity contribution in [2.75, 3.05) is 6.54 Å². The van der Waals surface area contributed by atoms with Crippen molar-refractivity contribution in [2.45, 2.75) is 25.6 Å². The number of benzene rings is 1. The standard InChI is InChI=1S/C12H16F3NO/c1-2-8(7-16)11(17)9-5-3-4-6-10(9)12(13,14)15/h3-6,8,11,17H,2,7,16H2,1H3. The Bertz CT molecular complexity index is 361. The number of hydrogen-bond acceptors (Lipinski definition) is 2. The highest BCUT2D eigenvalue weighted by molar-refractivity contribution is 5.31. The zero-order valence-corrected chi connectivity index (χ0v) is 9.54. The fourth-order valence-corrected chi connectivity index (χ4v) is 1.79. The highest BCUT2D eigenvalue weighted by Crippen LogP contribution is 2.36. The van der Waals surface area contributed by atoms with Gasteiger partial charge in [-0.05, 0) is 24.6 Å². The van der Waals surface area contributed by atoms with Gasteiger partial charge in [0.1, 0.15) is 0 Å². The van der Waals surface area contributed by atoms with Crippen molar-refractivity contribution in [1.29, 1.82) is 0 Å². The van der Waals surface area contributed by atoms with E-state index in [4.69, 9.17) is 5.73 Å². The molecule has 1 rings (SSSR count). The second kappa shape index (κ2) is 5.51. The third-order valence-corrected chi connectivity index (χ3v) is 2.86. The van der Waals surface area contributed by atoms with Gasteiger partial charge in [-0.15, -0.1) is 0 Å². The van der Waals surface area contributed by atoms with Crippen LogP contribution in [0.1, 0.15) is 30.6 Å². The average Bonchev–Trinajstić information content (AvgIpc) is 2.29. The molecule has 96 valence electrons. The molecule has 0 aliphatic carbocycles. The molecule has 0 bridgehead atoms. The second-order valence-corrected chi connectivity index (χ2v) is 3.93. The van der Waals surface area contributed by atoms with E-state index in [1.807, 2.05) is 0 Å². The molecule has 2 nitrogen and oxygen atoms in total. The van der Waals surface area contributed by atoms with E-state index >= 15 is 0 Å². The van der Waals surface area contributed by atoms with Crippen LogP contribution in [0.4, 0.5) is 13.2 Å². The SMILES string of the molecule is CCC(CN)C(O)c1ccccc1C(F)(F)F. The molecule has 2 unspecified atom stereocenters. The van der Waals surface area contributed by atoms with Gasteiger partial charge in [-0.2, -0.15) is 13.2 Å². The van der Waals surface area contributed by atoms with Crippen molar-refractivity contribution in [2.24, 2.45) is 11.7 Å². The maximum Gasteiger partial charge on any atom is 0.416 e. The molecule has 1 aromatic carbocycles. The predicted molar refractivity (Wildman–Crippen MR) is 59.2 cm³/mol. The number of rotatable bonds is 4. The molecule has 0 aliphatic rings. The molecule has 2 atom stereocenters. The maximum absolute atomic E-state index is 12.7. The van der Waals surface area contributed by atoms with Crippen LogP contribution in [0.25, 0.3) is 0 Å². The van der Waals surface area contributed by atoms with E-state index in [1.54, 1.807) is 6.92 Å². The van der Waals surface area contributed by atoms with Gasteiger partial charge in [0.25, 0.3) is 0 Å². The highest BCUT2D eigenvalue weighted by atomic mass is 19.4. The molecule has 1 aromatic rings. The van der Waals surface area contributed by atoms with Gasteiger partial charge in [-0.3, -0.25) is 0 Å². The summed E-state index contributed by atoms with van der Waals surface area (Å²) in [6.45, 7) is 1.95. The van der Waals surface area contributed by atoms with Crippen LogP contribution < -0.4 is 5.73 Å². The summed E-state index contributed by atoms with van der Waals surface area (Å²) in [6, 6.07) is 5.06. The van der Waals surface area contributed by atoms with Crippen molar-refractivity contribution in [3.63, 3.8) is 0 Å².